The molecule has 3 rings (SSSR count). The van der Waals surface area contributed by atoms with E-state index in [0.717, 1.165) is 0 Å². The molecular formula is C14H13N. The Morgan fingerprint density at radius 2 is 1.73 bits per heavy atom. The van der Waals surface area contributed by atoms with Crippen LogP contribution < -0.4 is 0 Å². The van der Waals surface area contributed by atoms with Gasteiger partial charge in [-0.1, -0.05) is 29.8 Å². The Labute approximate surface area is 88.7 Å². The van der Waals surface area contributed by atoms with E-state index in [0.29, 0.717) is 0 Å². The molecule has 0 saturated heterocycles. The van der Waals surface area contributed by atoms with Crippen molar-refractivity contribution >= 4 is 21.8 Å². The lowest BCUT2D eigenvalue weighted by molar-refractivity contribution is 1.40. The van der Waals surface area contributed by atoms with Crippen LogP contribution in [0, 0.1) is 13.8 Å². The van der Waals surface area contributed by atoms with Crippen LogP contribution in [0.15, 0.2) is 36.4 Å². The molecule has 1 aromatic heterocycles. The topological polar surface area (TPSA) is 15.8 Å². The maximum absolute atomic E-state index is 3.47. The van der Waals surface area contributed by atoms with E-state index in [-0.39, 0.29) is 0 Å². The highest BCUT2D eigenvalue weighted by atomic mass is 14.7. The van der Waals surface area contributed by atoms with E-state index in [2.05, 4.69) is 55.2 Å². The molecule has 0 aliphatic rings. The maximum atomic E-state index is 3.47. The summed E-state index contributed by atoms with van der Waals surface area (Å²) >= 11 is 0. The van der Waals surface area contributed by atoms with Gasteiger partial charge in [-0.15, -0.1) is 0 Å². The predicted octanol–water partition coefficient (Wildman–Crippen LogP) is 3.94. The third-order valence-corrected chi connectivity index (χ3v) is 2.96. The van der Waals surface area contributed by atoms with E-state index in [1.807, 2.05) is 0 Å². The average molecular weight is 195 g/mol. The largest absolute Gasteiger partial charge is 0.354 e. The molecule has 74 valence electrons. The summed E-state index contributed by atoms with van der Waals surface area (Å²) in [6.45, 7) is 4.30. The minimum absolute atomic E-state index is 1.22. The number of H-pyrrole nitrogens is 1. The van der Waals surface area contributed by atoms with Crippen molar-refractivity contribution in [3.8, 4) is 0 Å². The van der Waals surface area contributed by atoms with E-state index < -0.39 is 0 Å². The van der Waals surface area contributed by atoms with Gasteiger partial charge in [-0.25, -0.2) is 0 Å². The fourth-order valence-corrected chi connectivity index (χ4v) is 2.31. The Morgan fingerprint density at radius 1 is 0.933 bits per heavy atom. The van der Waals surface area contributed by atoms with E-state index in [9.17, 15) is 0 Å². The summed E-state index contributed by atoms with van der Waals surface area (Å²) < 4.78 is 0. The number of hydrogen-bond acceptors (Lipinski definition) is 0. The molecule has 1 heteroatoms. The molecule has 0 bridgehead atoms. The Kier molecular flexibility index (Phi) is 1.63. The summed E-state index contributed by atoms with van der Waals surface area (Å²) in [4.78, 5) is 3.47. The van der Waals surface area contributed by atoms with Gasteiger partial charge in [-0.3, -0.25) is 0 Å². The molecule has 0 spiro atoms. The Morgan fingerprint density at radius 3 is 2.60 bits per heavy atom. The Bertz CT molecular complexity index is 647. The van der Waals surface area contributed by atoms with Gasteiger partial charge in [-0.05, 0) is 31.5 Å². The van der Waals surface area contributed by atoms with Crippen molar-refractivity contribution in [2.24, 2.45) is 0 Å². The van der Waals surface area contributed by atoms with Crippen LogP contribution >= 0.6 is 0 Å². The first-order valence-corrected chi connectivity index (χ1v) is 5.23. The number of aromatic amines is 1. The lowest BCUT2D eigenvalue weighted by Crippen LogP contribution is -1.78. The standard InChI is InChI=1S/C14H13N/c1-9-7-10(2)14-12(8-9)11-5-3-4-6-13(11)15-14/h3-8,15H,1-2H3. The maximum Gasteiger partial charge on any atom is 0.0494 e. The molecule has 0 saturated carbocycles. The van der Waals surface area contributed by atoms with Gasteiger partial charge in [0.05, 0.1) is 0 Å². The summed E-state index contributed by atoms with van der Waals surface area (Å²) in [5, 5.41) is 2.66. The number of nitrogens with one attached hydrogen (secondary N) is 1. The summed E-state index contributed by atoms with van der Waals surface area (Å²) in [6, 6.07) is 12.9. The van der Waals surface area contributed by atoms with Crippen LogP contribution in [-0.2, 0) is 0 Å². The molecule has 0 aliphatic heterocycles. The third-order valence-electron chi connectivity index (χ3n) is 2.96. The van der Waals surface area contributed by atoms with Gasteiger partial charge in [-0.2, -0.15) is 0 Å². The highest BCUT2D eigenvalue weighted by molar-refractivity contribution is 6.08. The van der Waals surface area contributed by atoms with E-state index >= 15 is 0 Å². The fraction of sp³-hybridized carbons (Fsp3) is 0.143. The van der Waals surface area contributed by atoms with Gasteiger partial charge in [0, 0.05) is 21.8 Å². The second-order valence-electron chi connectivity index (χ2n) is 4.17. The normalized spacial score (nSPS) is 11.3. The van der Waals surface area contributed by atoms with E-state index in [1.165, 1.54) is 32.9 Å². The van der Waals surface area contributed by atoms with Crippen molar-refractivity contribution in [2.45, 2.75) is 13.8 Å². The number of para-hydroxylation sites is 1. The van der Waals surface area contributed by atoms with Gasteiger partial charge in [0.25, 0.3) is 0 Å². The smallest absolute Gasteiger partial charge is 0.0494 e. The van der Waals surface area contributed by atoms with Crippen molar-refractivity contribution in [3.63, 3.8) is 0 Å². The summed E-state index contributed by atoms with van der Waals surface area (Å²) in [7, 11) is 0. The molecule has 0 fully saturated rings. The first-order chi connectivity index (χ1) is 7.25. The van der Waals surface area contributed by atoms with Crippen LogP contribution in [0.25, 0.3) is 21.8 Å². The lowest BCUT2D eigenvalue weighted by atomic mass is 10.1. The number of rotatable bonds is 0. The Hall–Kier alpha value is -1.76. The summed E-state index contributed by atoms with van der Waals surface area (Å²) in [5.41, 5.74) is 5.13. The molecule has 0 amide bonds. The average Bonchev–Trinajstić information content (AvgIpc) is 2.57. The van der Waals surface area contributed by atoms with Crippen LogP contribution in [0.2, 0.25) is 0 Å². The van der Waals surface area contributed by atoms with Crippen LogP contribution in [0.3, 0.4) is 0 Å². The third kappa shape index (κ3) is 1.16. The second-order valence-corrected chi connectivity index (χ2v) is 4.17. The first kappa shape index (κ1) is 8.54. The molecular weight excluding hydrogens is 182 g/mol. The van der Waals surface area contributed by atoms with Crippen molar-refractivity contribution in [1.82, 2.24) is 4.98 Å². The van der Waals surface area contributed by atoms with Gasteiger partial charge < -0.3 is 4.98 Å². The SMILES string of the molecule is Cc1cc(C)c2[nH]c3ccccc3c2c1. The van der Waals surface area contributed by atoms with Crippen LogP contribution in [0.4, 0.5) is 0 Å². The van der Waals surface area contributed by atoms with Crippen molar-refractivity contribution in [3.05, 3.63) is 47.5 Å². The highest BCUT2D eigenvalue weighted by Crippen LogP contribution is 2.28. The molecule has 0 aliphatic carbocycles. The fourth-order valence-electron chi connectivity index (χ4n) is 2.31. The number of hydrogen-bond donors (Lipinski definition) is 1. The van der Waals surface area contributed by atoms with Crippen molar-refractivity contribution in [1.29, 1.82) is 0 Å². The zero-order valence-corrected chi connectivity index (χ0v) is 8.96. The monoisotopic (exact) mass is 195 g/mol. The zero-order valence-electron chi connectivity index (χ0n) is 8.96. The minimum Gasteiger partial charge on any atom is -0.354 e. The van der Waals surface area contributed by atoms with Gasteiger partial charge in [0.2, 0.25) is 0 Å². The lowest BCUT2D eigenvalue weighted by Gasteiger charge is -1.98. The van der Waals surface area contributed by atoms with Crippen LogP contribution in [0.1, 0.15) is 11.1 Å². The molecule has 0 atom stereocenters. The summed E-state index contributed by atoms with van der Waals surface area (Å²) in [6.07, 6.45) is 0. The minimum atomic E-state index is 1.22. The molecule has 1 heterocycles. The number of fused-ring (bicyclic) bond motifs is 3. The number of benzene rings is 2. The quantitative estimate of drug-likeness (QED) is 0.559. The highest BCUT2D eigenvalue weighted by Gasteiger charge is 2.05. The van der Waals surface area contributed by atoms with E-state index in [1.54, 1.807) is 0 Å². The second kappa shape index (κ2) is 2.86. The molecule has 2 aromatic carbocycles. The van der Waals surface area contributed by atoms with Crippen molar-refractivity contribution in [2.75, 3.05) is 0 Å². The number of aromatic nitrogens is 1. The molecule has 0 radical (unpaired) electrons. The molecule has 3 aromatic rings. The Balaban J connectivity index is 2.61. The van der Waals surface area contributed by atoms with Crippen molar-refractivity contribution < 1.29 is 0 Å². The molecule has 1 N–H and O–H groups in total. The van der Waals surface area contributed by atoms with Gasteiger partial charge >= 0.3 is 0 Å². The molecule has 0 unspecified atom stereocenters. The van der Waals surface area contributed by atoms with E-state index in [4.69, 9.17) is 0 Å². The van der Waals surface area contributed by atoms with Gasteiger partial charge in [0.15, 0.2) is 0 Å². The first-order valence-electron chi connectivity index (χ1n) is 5.23. The number of aryl methyl sites for hydroxylation is 2. The van der Waals surface area contributed by atoms with Crippen LogP contribution in [-0.4, -0.2) is 4.98 Å². The molecule has 1 nitrogen and oxygen atoms in total. The van der Waals surface area contributed by atoms with Crippen LogP contribution in [0.5, 0.6) is 0 Å². The van der Waals surface area contributed by atoms with Gasteiger partial charge in [0.1, 0.15) is 0 Å². The molecule has 15 heavy (non-hydrogen) atoms. The zero-order chi connectivity index (χ0) is 10.4. The predicted molar refractivity (Wildman–Crippen MR) is 65.3 cm³/mol. The summed E-state index contributed by atoms with van der Waals surface area (Å²) in [5.74, 6) is 0.